The molecule has 28 heavy (non-hydrogen) atoms. The van der Waals surface area contributed by atoms with Crippen molar-refractivity contribution >= 4 is 21.6 Å². The number of nitrogens with zero attached hydrogens (tertiary/aromatic N) is 1. The van der Waals surface area contributed by atoms with Crippen LogP contribution in [0.5, 0.6) is 0 Å². The summed E-state index contributed by atoms with van der Waals surface area (Å²) in [5.41, 5.74) is 5.09. The zero-order valence-corrected chi connectivity index (χ0v) is 18.1. The molecule has 2 aromatic carbocycles. The Labute approximate surface area is 168 Å². The number of anilines is 1. The zero-order chi connectivity index (χ0) is 20.9. The lowest BCUT2D eigenvalue weighted by Crippen LogP contribution is -2.32. The minimum absolute atomic E-state index is 0.0780. The Morgan fingerprint density at radius 1 is 1.04 bits per heavy atom. The number of carbonyl (C=O) groups excluding carboxylic acids is 1. The molecule has 6 heteroatoms. The van der Waals surface area contributed by atoms with Crippen LogP contribution in [0.25, 0.3) is 0 Å². The largest absolute Gasteiger partial charge is 0.350 e. The summed E-state index contributed by atoms with van der Waals surface area (Å²) in [4.78, 5) is 12.4. The summed E-state index contributed by atoms with van der Waals surface area (Å²) in [6, 6.07) is 13.5. The number of carbonyl (C=O) groups is 1. The summed E-state index contributed by atoms with van der Waals surface area (Å²) in [5, 5.41) is 3.02. The van der Waals surface area contributed by atoms with Crippen molar-refractivity contribution in [2.24, 2.45) is 0 Å². The Hall–Kier alpha value is -2.34. The number of hydrogen-bond acceptors (Lipinski definition) is 3. The monoisotopic (exact) mass is 402 g/mol. The molecule has 2 rings (SSSR count). The van der Waals surface area contributed by atoms with Crippen molar-refractivity contribution in [3.8, 4) is 0 Å². The van der Waals surface area contributed by atoms with Crippen LogP contribution in [-0.2, 0) is 14.8 Å². The zero-order valence-electron chi connectivity index (χ0n) is 17.3. The van der Waals surface area contributed by atoms with Crippen molar-refractivity contribution in [1.82, 2.24) is 5.32 Å². The summed E-state index contributed by atoms with van der Waals surface area (Å²) >= 11 is 0. The Bertz CT molecular complexity index is 921. The highest BCUT2D eigenvalue weighted by Crippen LogP contribution is 2.20. The van der Waals surface area contributed by atoms with Crippen molar-refractivity contribution in [3.63, 3.8) is 0 Å². The highest BCUT2D eigenvalue weighted by Gasteiger charge is 2.18. The smallest absolute Gasteiger partial charge is 0.232 e. The SMILES string of the molecule is Cc1ccc(N(CCCC(=O)NC(C)c2cc(C)ccc2C)S(C)(=O)=O)cc1. The van der Waals surface area contributed by atoms with E-state index in [-0.39, 0.29) is 24.9 Å². The average molecular weight is 403 g/mol. The Morgan fingerprint density at radius 3 is 2.25 bits per heavy atom. The van der Waals surface area contributed by atoms with Gasteiger partial charge in [0.25, 0.3) is 0 Å². The molecule has 0 radical (unpaired) electrons. The number of sulfonamides is 1. The van der Waals surface area contributed by atoms with Gasteiger partial charge in [-0.1, -0.05) is 41.5 Å². The number of amides is 1. The average Bonchev–Trinajstić information content (AvgIpc) is 2.60. The molecule has 0 aromatic heterocycles. The van der Waals surface area contributed by atoms with Gasteiger partial charge in [-0.2, -0.15) is 0 Å². The van der Waals surface area contributed by atoms with Gasteiger partial charge in [0.05, 0.1) is 18.0 Å². The van der Waals surface area contributed by atoms with Crippen LogP contribution in [-0.4, -0.2) is 27.1 Å². The highest BCUT2D eigenvalue weighted by molar-refractivity contribution is 7.92. The minimum Gasteiger partial charge on any atom is -0.350 e. The van der Waals surface area contributed by atoms with E-state index in [1.165, 1.54) is 10.6 Å². The minimum atomic E-state index is -3.40. The molecular weight excluding hydrogens is 372 g/mol. The number of nitrogens with one attached hydrogen (secondary N) is 1. The van der Waals surface area contributed by atoms with E-state index >= 15 is 0 Å². The fourth-order valence-electron chi connectivity index (χ4n) is 3.20. The van der Waals surface area contributed by atoms with E-state index in [2.05, 4.69) is 23.5 Å². The predicted molar refractivity (Wildman–Crippen MR) is 115 cm³/mol. The van der Waals surface area contributed by atoms with E-state index in [1.807, 2.05) is 39.8 Å². The van der Waals surface area contributed by atoms with Gasteiger partial charge in [-0.25, -0.2) is 8.42 Å². The number of hydrogen-bond donors (Lipinski definition) is 1. The standard InChI is InChI=1S/C22H30N2O3S/c1-16-9-12-20(13-10-16)24(28(5,26)27)14-6-7-22(25)23-19(4)21-15-17(2)8-11-18(21)3/h8-13,15,19H,6-7,14H2,1-5H3,(H,23,25). The summed E-state index contributed by atoms with van der Waals surface area (Å²) in [6.07, 6.45) is 1.91. The maximum Gasteiger partial charge on any atom is 0.232 e. The molecule has 0 aliphatic carbocycles. The first-order valence-electron chi connectivity index (χ1n) is 9.49. The second-order valence-electron chi connectivity index (χ2n) is 7.42. The van der Waals surface area contributed by atoms with E-state index in [0.29, 0.717) is 12.1 Å². The molecule has 0 heterocycles. The second kappa shape index (κ2) is 9.24. The molecule has 0 bridgehead atoms. The quantitative estimate of drug-likeness (QED) is 0.725. The fourth-order valence-corrected chi connectivity index (χ4v) is 4.16. The molecule has 1 amide bonds. The molecule has 0 fully saturated rings. The molecule has 1 unspecified atom stereocenters. The Balaban J connectivity index is 1.95. The van der Waals surface area contributed by atoms with Crippen LogP contribution in [0.3, 0.4) is 0 Å². The lowest BCUT2D eigenvalue weighted by Gasteiger charge is -2.23. The van der Waals surface area contributed by atoms with Gasteiger partial charge in [-0.15, -0.1) is 0 Å². The van der Waals surface area contributed by atoms with Crippen LogP contribution in [0.15, 0.2) is 42.5 Å². The van der Waals surface area contributed by atoms with E-state index < -0.39 is 10.0 Å². The van der Waals surface area contributed by atoms with Gasteiger partial charge in [-0.3, -0.25) is 9.10 Å². The highest BCUT2D eigenvalue weighted by atomic mass is 32.2. The summed E-state index contributed by atoms with van der Waals surface area (Å²) in [5.74, 6) is -0.0780. The molecule has 0 saturated heterocycles. The van der Waals surface area contributed by atoms with Gasteiger partial charge in [-0.05, 0) is 57.4 Å². The molecular formula is C22H30N2O3S. The third-order valence-corrected chi connectivity index (χ3v) is 5.96. The van der Waals surface area contributed by atoms with Crippen LogP contribution in [0.1, 0.15) is 48.1 Å². The van der Waals surface area contributed by atoms with Crippen LogP contribution in [0.4, 0.5) is 5.69 Å². The lowest BCUT2D eigenvalue weighted by molar-refractivity contribution is -0.121. The molecule has 0 saturated carbocycles. The van der Waals surface area contributed by atoms with E-state index in [0.717, 1.165) is 22.3 Å². The Kier molecular flexibility index (Phi) is 7.24. The van der Waals surface area contributed by atoms with Crippen molar-refractivity contribution in [2.45, 2.75) is 46.6 Å². The molecule has 0 spiro atoms. The van der Waals surface area contributed by atoms with Crippen molar-refractivity contribution in [2.75, 3.05) is 17.1 Å². The number of benzene rings is 2. The topological polar surface area (TPSA) is 66.5 Å². The van der Waals surface area contributed by atoms with Crippen molar-refractivity contribution < 1.29 is 13.2 Å². The van der Waals surface area contributed by atoms with E-state index in [1.54, 1.807) is 12.1 Å². The van der Waals surface area contributed by atoms with Crippen molar-refractivity contribution in [1.29, 1.82) is 0 Å². The van der Waals surface area contributed by atoms with Gasteiger partial charge >= 0.3 is 0 Å². The summed E-state index contributed by atoms with van der Waals surface area (Å²) < 4.78 is 25.7. The van der Waals surface area contributed by atoms with Crippen LogP contribution >= 0.6 is 0 Å². The second-order valence-corrected chi connectivity index (χ2v) is 9.33. The Morgan fingerprint density at radius 2 is 1.64 bits per heavy atom. The van der Waals surface area contributed by atoms with Crippen LogP contribution in [0.2, 0.25) is 0 Å². The maximum absolute atomic E-state index is 12.4. The van der Waals surface area contributed by atoms with Crippen LogP contribution < -0.4 is 9.62 Å². The van der Waals surface area contributed by atoms with Crippen LogP contribution in [0, 0.1) is 20.8 Å². The van der Waals surface area contributed by atoms with Gasteiger partial charge in [0.2, 0.25) is 15.9 Å². The fraction of sp³-hybridized carbons (Fsp3) is 0.409. The van der Waals surface area contributed by atoms with Gasteiger partial charge in [0, 0.05) is 13.0 Å². The molecule has 1 atom stereocenters. The normalized spacial score (nSPS) is 12.5. The summed E-state index contributed by atoms with van der Waals surface area (Å²) in [7, 11) is -3.40. The first kappa shape index (κ1) is 22.0. The van der Waals surface area contributed by atoms with E-state index in [4.69, 9.17) is 0 Å². The molecule has 5 nitrogen and oxygen atoms in total. The maximum atomic E-state index is 12.4. The van der Waals surface area contributed by atoms with Gasteiger partial charge in [0.15, 0.2) is 0 Å². The number of rotatable bonds is 8. The molecule has 2 aromatic rings. The number of aryl methyl sites for hydroxylation is 3. The lowest BCUT2D eigenvalue weighted by atomic mass is 10.00. The van der Waals surface area contributed by atoms with Crippen molar-refractivity contribution in [3.05, 3.63) is 64.7 Å². The van der Waals surface area contributed by atoms with E-state index in [9.17, 15) is 13.2 Å². The molecule has 1 N–H and O–H groups in total. The molecule has 152 valence electrons. The third kappa shape index (κ3) is 6.09. The first-order valence-corrected chi connectivity index (χ1v) is 11.3. The predicted octanol–water partition coefficient (Wildman–Crippen LogP) is 4.04. The summed E-state index contributed by atoms with van der Waals surface area (Å²) in [6.45, 7) is 8.25. The molecule has 0 aliphatic heterocycles. The third-order valence-electron chi connectivity index (χ3n) is 4.77. The molecule has 0 aliphatic rings. The van der Waals surface area contributed by atoms with Gasteiger partial charge < -0.3 is 5.32 Å². The first-order chi connectivity index (χ1) is 13.1. The van der Waals surface area contributed by atoms with Gasteiger partial charge in [0.1, 0.15) is 0 Å².